The smallest absolute Gasteiger partial charge is 0.309 e. The van der Waals surface area contributed by atoms with Crippen LogP contribution in [0.5, 0.6) is 11.5 Å². The lowest BCUT2D eigenvalue weighted by molar-refractivity contribution is -0.136. The number of carbonyl (C=O) groups excluding carboxylic acids is 1. The molecule has 0 atom stereocenters. The van der Waals surface area contributed by atoms with E-state index in [0.29, 0.717) is 16.5 Å². The molecule has 0 saturated heterocycles. The molecule has 0 aliphatic carbocycles. The highest BCUT2D eigenvalue weighted by molar-refractivity contribution is 7.09. The van der Waals surface area contributed by atoms with Crippen molar-refractivity contribution in [2.75, 3.05) is 0 Å². The summed E-state index contributed by atoms with van der Waals surface area (Å²) in [6.07, 6.45) is 0.288. The van der Waals surface area contributed by atoms with Crippen LogP contribution in [0.15, 0.2) is 53.9 Å². The van der Waals surface area contributed by atoms with Gasteiger partial charge in [-0.3, -0.25) is 9.59 Å². The van der Waals surface area contributed by atoms with Gasteiger partial charge in [-0.1, -0.05) is 36.4 Å². The number of carbonyl (C=O) groups is 2. The van der Waals surface area contributed by atoms with Crippen LogP contribution in [0.3, 0.4) is 0 Å². The fourth-order valence-corrected chi connectivity index (χ4v) is 3.47. The molecule has 138 valence electrons. The Bertz CT molecular complexity index is 964. The van der Waals surface area contributed by atoms with E-state index >= 15 is 0 Å². The second-order valence-electron chi connectivity index (χ2n) is 6.17. The summed E-state index contributed by atoms with van der Waals surface area (Å²) in [5.41, 5.74) is 2.32. The molecule has 2 aromatic carbocycles. The standard InChI is InChI=1S/C21H19NO4S/c1-14-6-2-4-8-18(14)26-19-9-5-3-7-15(19)10-17(23)12-20-22-16(13-27-20)11-21(24)25/h2-9,13H,10-12H2,1H3,(H,24,25). The van der Waals surface area contributed by atoms with E-state index < -0.39 is 5.97 Å². The monoisotopic (exact) mass is 381 g/mol. The molecule has 27 heavy (non-hydrogen) atoms. The molecule has 1 N–H and O–H groups in total. The number of benzene rings is 2. The highest BCUT2D eigenvalue weighted by Gasteiger charge is 2.14. The number of ketones is 1. The number of Topliss-reactive ketones (excluding diaryl/α,β-unsaturated/α-hetero) is 1. The molecule has 0 saturated carbocycles. The number of aryl methyl sites for hydroxylation is 1. The van der Waals surface area contributed by atoms with Crippen LogP contribution in [-0.4, -0.2) is 21.8 Å². The van der Waals surface area contributed by atoms with Crippen molar-refractivity contribution in [2.45, 2.75) is 26.2 Å². The van der Waals surface area contributed by atoms with E-state index in [2.05, 4.69) is 4.98 Å². The molecular weight excluding hydrogens is 362 g/mol. The number of aliphatic carboxylic acids is 1. The highest BCUT2D eigenvalue weighted by atomic mass is 32.1. The van der Waals surface area contributed by atoms with Crippen molar-refractivity contribution in [2.24, 2.45) is 0 Å². The van der Waals surface area contributed by atoms with Crippen LogP contribution in [0.4, 0.5) is 0 Å². The van der Waals surface area contributed by atoms with Crippen LogP contribution in [0, 0.1) is 6.92 Å². The molecule has 0 aliphatic rings. The zero-order valence-electron chi connectivity index (χ0n) is 14.8. The van der Waals surface area contributed by atoms with Gasteiger partial charge in [0.1, 0.15) is 22.3 Å². The predicted octanol–water partition coefficient (Wildman–Crippen LogP) is 4.23. The van der Waals surface area contributed by atoms with Gasteiger partial charge in [-0.05, 0) is 24.6 Å². The molecule has 6 heteroatoms. The maximum Gasteiger partial charge on any atom is 0.309 e. The summed E-state index contributed by atoms with van der Waals surface area (Å²) < 4.78 is 6.01. The first kappa shape index (κ1) is 18.8. The van der Waals surface area contributed by atoms with Crippen molar-refractivity contribution in [1.82, 2.24) is 4.98 Å². The average Bonchev–Trinajstić information content (AvgIpc) is 3.04. The number of ether oxygens (including phenoxy) is 1. The Morgan fingerprint density at radius 1 is 1.00 bits per heavy atom. The number of nitrogens with zero attached hydrogens (tertiary/aromatic N) is 1. The van der Waals surface area contributed by atoms with E-state index in [1.165, 1.54) is 11.3 Å². The Balaban J connectivity index is 1.68. The van der Waals surface area contributed by atoms with Crippen LogP contribution >= 0.6 is 11.3 Å². The Morgan fingerprint density at radius 3 is 2.44 bits per heavy atom. The van der Waals surface area contributed by atoms with Gasteiger partial charge in [0, 0.05) is 17.4 Å². The summed E-state index contributed by atoms with van der Waals surface area (Å²) in [6.45, 7) is 1.97. The van der Waals surface area contributed by atoms with Crippen molar-refractivity contribution >= 4 is 23.1 Å². The SMILES string of the molecule is Cc1ccccc1Oc1ccccc1CC(=O)Cc1nc(CC(=O)O)cs1. The van der Waals surface area contributed by atoms with Gasteiger partial charge in [0.25, 0.3) is 0 Å². The number of carboxylic acid groups (broad SMARTS) is 1. The van der Waals surface area contributed by atoms with E-state index in [9.17, 15) is 9.59 Å². The number of aromatic nitrogens is 1. The number of carboxylic acids is 1. The molecule has 0 spiro atoms. The molecule has 1 heterocycles. The Hall–Kier alpha value is -2.99. The zero-order valence-corrected chi connectivity index (χ0v) is 15.7. The van der Waals surface area contributed by atoms with Gasteiger partial charge in [0.2, 0.25) is 0 Å². The molecule has 0 unspecified atom stereocenters. The topological polar surface area (TPSA) is 76.5 Å². The second kappa shape index (κ2) is 8.60. The van der Waals surface area contributed by atoms with Gasteiger partial charge in [-0.25, -0.2) is 4.98 Å². The largest absolute Gasteiger partial charge is 0.481 e. The number of rotatable bonds is 8. The van der Waals surface area contributed by atoms with Crippen LogP contribution in [-0.2, 0) is 28.9 Å². The lowest BCUT2D eigenvalue weighted by Crippen LogP contribution is -2.08. The molecule has 1 aromatic heterocycles. The van der Waals surface area contributed by atoms with Crippen molar-refractivity contribution in [1.29, 1.82) is 0 Å². The normalized spacial score (nSPS) is 10.6. The van der Waals surface area contributed by atoms with Gasteiger partial charge in [-0.15, -0.1) is 11.3 Å². The lowest BCUT2D eigenvalue weighted by atomic mass is 10.1. The molecule has 3 aromatic rings. The van der Waals surface area contributed by atoms with Crippen LogP contribution in [0.1, 0.15) is 21.8 Å². The lowest BCUT2D eigenvalue weighted by Gasteiger charge is -2.12. The van der Waals surface area contributed by atoms with E-state index in [4.69, 9.17) is 9.84 Å². The minimum Gasteiger partial charge on any atom is -0.481 e. The average molecular weight is 381 g/mol. The third-order valence-electron chi connectivity index (χ3n) is 3.95. The number of para-hydroxylation sites is 2. The minimum atomic E-state index is -0.930. The summed E-state index contributed by atoms with van der Waals surface area (Å²) in [7, 11) is 0. The first-order valence-corrected chi connectivity index (χ1v) is 9.37. The van der Waals surface area contributed by atoms with Gasteiger partial charge in [-0.2, -0.15) is 0 Å². The summed E-state index contributed by atoms with van der Waals surface area (Å²) in [5.74, 6) is 0.494. The van der Waals surface area contributed by atoms with Crippen molar-refractivity contribution in [3.8, 4) is 11.5 Å². The number of hydrogen-bond donors (Lipinski definition) is 1. The minimum absolute atomic E-state index is 0.00654. The first-order chi connectivity index (χ1) is 13.0. The van der Waals surface area contributed by atoms with E-state index in [1.54, 1.807) is 5.38 Å². The van der Waals surface area contributed by atoms with Crippen molar-refractivity contribution in [3.63, 3.8) is 0 Å². The molecule has 0 fully saturated rings. The van der Waals surface area contributed by atoms with Gasteiger partial charge in [0.15, 0.2) is 0 Å². The molecule has 5 nitrogen and oxygen atoms in total. The summed E-state index contributed by atoms with van der Waals surface area (Å²) in [4.78, 5) is 27.4. The summed E-state index contributed by atoms with van der Waals surface area (Å²) >= 11 is 1.31. The zero-order chi connectivity index (χ0) is 19.2. The Labute approximate surface area is 161 Å². The first-order valence-electron chi connectivity index (χ1n) is 8.49. The molecular formula is C21H19NO4S. The molecule has 0 aliphatic heterocycles. The quantitative estimate of drug-likeness (QED) is 0.632. The predicted molar refractivity (Wildman–Crippen MR) is 104 cm³/mol. The second-order valence-corrected chi connectivity index (χ2v) is 7.11. The molecule has 0 radical (unpaired) electrons. The molecule has 0 bridgehead atoms. The highest BCUT2D eigenvalue weighted by Crippen LogP contribution is 2.28. The molecule has 0 amide bonds. The fraction of sp³-hybridized carbons (Fsp3) is 0.190. The Kier molecular flexibility index (Phi) is 5.98. The van der Waals surface area contributed by atoms with Gasteiger partial charge < -0.3 is 9.84 Å². The van der Waals surface area contributed by atoms with Crippen LogP contribution in [0.25, 0.3) is 0 Å². The third kappa shape index (κ3) is 5.24. The summed E-state index contributed by atoms with van der Waals surface area (Å²) in [5, 5.41) is 11.1. The van der Waals surface area contributed by atoms with E-state index in [-0.39, 0.29) is 25.0 Å². The van der Waals surface area contributed by atoms with Crippen molar-refractivity contribution < 1.29 is 19.4 Å². The third-order valence-corrected chi connectivity index (χ3v) is 4.85. The van der Waals surface area contributed by atoms with Crippen LogP contribution in [0.2, 0.25) is 0 Å². The van der Waals surface area contributed by atoms with E-state index in [1.807, 2.05) is 55.5 Å². The molecule has 3 rings (SSSR count). The maximum atomic E-state index is 12.5. The maximum absolute atomic E-state index is 12.5. The van der Waals surface area contributed by atoms with Crippen LogP contribution < -0.4 is 4.74 Å². The fourth-order valence-electron chi connectivity index (χ4n) is 2.65. The van der Waals surface area contributed by atoms with Gasteiger partial charge in [0.05, 0.1) is 18.5 Å². The summed E-state index contributed by atoms with van der Waals surface area (Å²) in [6, 6.07) is 15.2. The van der Waals surface area contributed by atoms with E-state index in [0.717, 1.165) is 16.9 Å². The Morgan fingerprint density at radius 2 is 1.70 bits per heavy atom. The number of hydrogen-bond acceptors (Lipinski definition) is 5. The number of thiazole rings is 1. The van der Waals surface area contributed by atoms with Crippen molar-refractivity contribution in [3.05, 3.63) is 75.7 Å². The van der Waals surface area contributed by atoms with Gasteiger partial charge >= 0.3 is 5.97 Å².